The van der Waals surface area contributed by atoms with Gasteiger partial charge in [0.15, 0.2) is 5.13 Å². The van der Waals surface area contributed by atoms with Crippen LogP contribution in [-0.4, -0.2) is 76.6 Å². The number of nitrogen functional groups attached to an aromatic ring is 1. The zero-order valence-corrected chi connectivity index (χ0v) is 29.5. The van der Waals surface area contributed by atoms with Gasteiger partial charge in [0.25, 0.3) is 0 Å². The minimum absolute atomic E-state index is 0.0331. The van der Waals surface area contributed by atoms with E-state index in [1.54, 1.807) is 34.7 Å². The molecule has 2 aliphatic rings. The number of amides is 3. The molecule has 1 saturated heterocycles. The van der Waals surface area contributed by atoms with Crippen LogP contribution < -0.4 is 16.4 Å². The van der Waals surface area contributed by atoms with Crippen molar-refractivity contribution in [2.45, 2.75) is 124 Å². The van der Waals surface area contributed by atoms with Crippen LogP contribution in [0.5, 0.6) is 0 Å². The van der Waals surface area contributed by atoms with Crippen LogP contribution in [0.3, 0.4) is 0 Å². The Bertz CT molecular complexity index is 1210. The highest BCUT2D eigenvalue weighted by atomic mass is 32.1. The van der Waals surface area contributed by atoms with Crippen LogP contribution in [0.4, 0.5) is 14.9 Å². The zero-order valence-electron chi connectivity index (χ0n) is 28.7. The number of anilines is 2. The third-order valence-electron chi connectivity index (χ3n) is 8.74. The summed E-state index contributed by atoms with van der Waals surface area (Å²) >= 11 is 1.43. The Balaban J connectivity index is 1.80. The van der Waals surface area contributed by atoms with Gasteiger partial charge >= 0.3 is 6.09 Å². The summed E-state index contributed by atoms with van der Waals surface area (Å²) < 4.78 is 5.48. The number of piperidine rings is 1. The molecular weight excluding hydrogens is 588 g/mol. The first-order valence-electron chi connectivity index (χ1n) is 16.6. The standard InChI is InChI=1S/C34H56N6O4S/c1-9-10-19-26(22(2)3)28-30(45-32(35)38-28)36-21-25-18-14-15-20-40(25)31(42)27(24-16-12-11-13-17-24)37-29(41)23(4)39(8)33(43)44-34(5,6)7/h9-10,19,22-25,27,36H,11-18,20-21H2,1-8H3,(H2,35,38)(H,37,41)/b10-9-,26-19+/t23-,25?,27?/m0/s1. The first-order valence-corrected chi connectivity index (χ1v) is 17.4. The molecule has 10 nitrogen and oxygen atoms in total. The van der Waals surface area contributed by atoms with E-state index in [2.05, 4.69) is 35.5 Å². The Morgan fingerprint density at radius 1 is 1.11 bits per heavy atom. The van der Waals surface area contributed by atoms with Crippen molar-refractivity contribution in [3.8, 4) is 0 Å². The summed E-state index contributed by atoms with van der Waals surface area (Å²) in [7, 11) is 1.56. The number of allylic oxidation sites excluding steroid dienone is 4. The molecular formula is C34H56N6O4S. The van der Waals surface area contributed by atoms with Crippen LogP contribution in [0.25, 0.3) is 5.57 Å². The molecule has 2 unspecified atom stereocenters. The Hall–Kier alpha value is -3.08. The lowest BCUT2D eigenvalue weighted by Gasteiger charge is -2.41. The first-order chi connectivity index (χ1) is 21.2. The molecule has 11 heteroatoms. The normalized spacial score (nSPS) is 19.8. The van der Waals surface area contributed by atoms with E-state index in [-0.39, 0.29) is 29.7 Å². The van der Waals surface area contributed by atoms with Gasteiger partial charge in [-0.1, -0.05) is 62.7 Å². The summed E-state index contributed by atoms with van der Waals surface area (Å²) in [4.78, 5) is 48.5. The van der Waals surface area contributed by atoms with Gasteiger partial charge in [-0.25, -0.2) is 9.78 Å². The van der Waals surface area contributed by atoms with Crippen LogP contribution >= 0.6 is 11.3 Å². The molecule has 2 fully saturated rings. The quantitative estimate of drug-likeness (QED) is 0.236. The fourth-order valence-electron chi connectivity index (χ4n) is 6.08. The summed E-state index contributed by atoms with van der Waals surface area (Å²) in [6.45, 7) is 14.5. The number of likely N-dealkylation sites (N-methyl/N-ethyl adjacent to an activating group) is 1. The molecule has 0 spiro atoms. The number of ether oxygens (including phenoxy) is 1. The summed E-state index contributed by atoms with van der Waals surface area (Å²) in [5, 5.41) is 8.10. The van der Waals surface area contributed by atoms with E-state index in [1.807, 2.05) is 24.0 Å². The largest absolute Gasteiger partial charge is 0.444 e. The fraction of sp³-hybridized carbons (Fsp3) is 0.706. The van der Waals surface area contributed by atoms with Crippen molar-refractivity contribution in [2.75, 3.05) is 31.2 Å². The van der Waals surface area contributed by atoms with E-state index >= 15 is 0 Å². The molecule has 3 amide bonds. The van der Waals surface area contributed by atoms with Crippen LogP contribution in [-0.2, 0) is 14.3 Å². The second kappa shape index (κ2) is 16.5. The molecule has 4 N–H and O–H groups in total. The smallest absolute Gasteiger partial charge is 0.410 e. The van der Waals surface area contributed by atoms with Gasteiger partial charge in [-0.3, -0.25) is 14.5 Å². The fourth-order valence-corrected chi connectivity index (χ4v) is 6.84. The van der Waals surface area contributed by atoms with Gasteiger partial charge in [0.2, 0.25) is 11.8 Å². The van der Waals surface area contributed by atoms with Gasteiger partial charge in [-0.15, -0.1) is 0 Å². The minimum atomic E-state index is -0.793. The summed E-state index contributed by atoms with van der Waals surface area (Å²) in [5.74, 6) is -0.0673. The lowest BCUT2D eigenvalue weighted by Crippen LogP contribution is -2.59. The number of hydrogen-bond donors (Lipinski definition) is 3. The molecule has 3 rings (SSSR count). The lowest BCUT2D eigenvalue weighted by molar-refractivity contribution is -0.142. The van der Waals surface area contributed by atoms with Crippen molar-refractivity contribution in [1.29, 1.82) is 0 Å². The molecule has 1 aromatic rings. The second-order valence-electron chi connectivity index (χ2n) is 13.7. The van der Waals surface area contributed by atoms with Gasteiger partial charge in [-0.2, -0.15) is 0 Å². The van der Waals surface area contributed by atoms with Gasteiger partial charge in [-0.05, 0) is 84.1 Å². The minimum Gasteiger partial charge on any atom is -0.444 e. The number of likely N-dealkylation sites (tertiary alicyclic amines) is 1. The maximum Gasteiger partial charge on any atom is 0.410 e. The lowest BCUT2D eigenvalue weighted by atomic mass is 9.82. The molecule has 2 heterocycles. The maximum atomic E-state index is 14.4. The number of hydrogen-bond acceptors (Lipinski definition) is 8. The van der Waals surface area contributed by atoms with Crippen molar-refractivity contribution >= 4 is 45.0 Å². The Labute approximate surface area is 274 Å². The molecule has 1 aliphatic heterocycles. The number of nitrogens with two attached hydrogens (primary N) is 1. The van der Waals surface area contributed by atoms with Gasteiger partial charge in [0.05, 0.1) is 0 Å². The predicted molar refractivity (Wildman–Crippen MR) is 184 cm³/mol. The molecule has 1 aromatic heterocycles. The number of thiazole rings is 1. The number of nitrogens with one attached hydrogen (secondary N) is 2. The molecule has 0 bridgehead atoms. The van der Waals surface area contributed by atoms with E-state index in [4.69, 9.17) is 10.5 Å². The summed E-state index contributed by atoms with van der Waals surface area (Å²) in [6.07, 6.45) is 13.4. The number of nitrogens with zero attached hydrogens (tertiary/aromatic N) is 3. The maximum absolute atomic E-state index is 14.4. The van der Waals surface area contributed by atoms with Crippen LogP contribution in [0.1, 0.15) is 106 Å². The van der Waals surface area contributed by atoms with E-state index in [1.165, 1.54) is 16.2 Å². The van der Waals surface area contributed by atoms with Gasteiger partial charge in [0.1, 0.15) is 28.4 Å². The molecule has 3 atom stereocenters. The summed E-state index contributed by atoms with van der Waals surface area (Å²) in [5.41, 5.74) is 7.46. The van der Waals surface area contributed by atoms with Crippen LogP contribution in [0, 0.1) is 11.8 Å². The predicted octanol–water partition coefficient (Wildman–Crippen LogP) is 6.45. The third kappa shape index (κ3) is 10.2. The van der Waals surface area contributed by atoms with Crippen LogP contribution in [0.15, 0.2) is 18.2 Å². The molecule has 0 aromatic carbocycles. The van der Waals surface area contributed by atoms with E-state index in [0.717, 1.165) is 67.6 Å². The molecule has 1 aliphatic carbocycles. The number of carbonyl (C=O) groups is 3. The summed E-state index contributed by atoms with van der Waals surface area (Å²) in [6, 6.07) is -1.47. The van der Waals surface area contributed by atoms with Crippen molar-refractivity contribution in [3.05, 3.63) is 23.9 Å². The number of carbonyl (C=O) groups excluding carboxylic acids is 3. The van der Waals surface area contributed by atoms with Gasteiger partial charge < -0.3 is 26.0 Å². The molecule has 1 saturated carbocycles. The Morgan fingerprint density at radius 3 is 2.40 bits per heavy atom. The number of rotatable bonds is 11. The van der Waals surface area contributed by atoms with Crippen molar-refractivity contribution in [2.24, 2.45) is 11.8 Å². The third-order valence-corrected chi connectivity index (χ3v) is 9.58. The topological polar surface area (TPSA) is 130 Å². The van der Waals surface area contributed by atoms with Crippen molar-refractivity contribution < 1.29 is 19.1 Å². The Kier molecular flexibility index (Phi) is 13.3. The number of aromatic nitrogens is 1. The van der Waals surface area contributed by atoms with Crippen molar-refractivity contribution in [1.82, 2.24) is 20.1 Å². The molecule has 0 radical (unpaired) electrons. The van der Waals surface area contributed by atoms with E-state index in [9.17, 15) is 14.4 Å². The first kappa shape index (κ1) is 36.4. The van der Waals surface area contributed by atoms with E-state index in [0.29, 0.717) is 18.2 Å². The highest BCUT2D eigenvalue weighted by molar-refractivity contribution is 7.19. The monoisotopic (exact) mass is 644 g/mol. The molecule has 252 valence electrons. The zero-order chi connectivity index (χ0) is 33.3. The highest BCUT2D eigenvalue weighted by Gasteiger charge is 2.39. The van der Waals surface area contributed by atoms with Gasteiger partial charge in [0, 0.05) is 26.2 Å². The SMILES string of the molecule is C/C=C\C=C(\c1nc(N)sc1NCC1CCCCN1C(=O)C(NC(=O)[C@H](C)N(C)C(=O)OC(C)(C)C)C1CCCCC1)C(C)C. The Morgan fingerprint density at radius 2 is 1.78 bits per heavy atom. The second-order valence-corrected chi connectivity index (χ2v) is 14.8. The van der Waals surface area contributed by atoms with E-state index < -0.39 is 23.8 Å². The average Bonchev–Trinajstić information content (AvgIpc) is 3.36. The highest BCUT2D eigenvalue weighted by Crippen LogP contribution is 2.36. The molecule has 45 heavy (non-hydrogen) atoms. The van der Waals surface area contributed by atoms with Crippen molar-refractivity contribution in [3.63, 3.8) is 0 Å². The van der Waals surface area contributed by atoms with Crippen LogP contribution in [0.2, 0.25) is 0 Å². The average molecular weight is 645 g/mol.